The van der Waals surface area contributed by atoms with Gasteiger partial charge in [-0.05, 0) is 17.7 Å². The average molecular weight is 326 g/mol. The highest BCUT2D eigenvalue weighted by Crippen LogP contribution is 2.26. The van der Waals surface area contributed by atoms with Gasteiger partial charge in [0, 0.05) is 31.0 Å². The lowest BCUT2D eigenvalue weighted by Gasteiger charge is -2.27. The molecule has 1 N–H and O–H groups in total. The number of nitrogens with one attached hydrogen (secondary N) is 1. The molecule has 1 aliphatic rings. The fraction of sp³-hybridized carbons (Fsp3) is 0.235. The maximum Gasteiger partial charge on any atom is 0.261 e. The molecular formula is C17H15FN4O2. The van der Waals surface area contributed by atoms with Crippen LogP contribution >= 0.6 is 0 Å². The Kier molecular flexibility index (Phi) is 3.70. The molecule has 3 aromatic rings. The van der Waals surface area contributed by atoms with E-state index in [-0.39, 0.29) is 11.4 Å². The first kappa shape index (κ1) is 14.8. The SMILES string of the molecule is O=c1[nH]c(N2CCOCC2)nc2c(-c3ccc(F)cc3)cncc12. The van der Waals surface area contributed by atoms with E-state index in [1.54, 1.807) is 18.3 Å². The Hall–Kier alpha value is -2.80. The number of aromatic nitrogens is 3. The Morgan fingerprint density at radius 2 is 1.88 bits per heavy atom. The Bertz CT molecular complexity index is 933. The molecule has 122 valence electrons. The highest BCUT2D eigenvalue weighted by molar-refractivity contribution is 5.92. The van der Waals surface area contributed by atoms with Crippen LogP contribution in [0.25, 0.3) is 22.0 Å². The van der Waals surface area contributed by atoms with Gasteiger partial charge < -0.3 is 9.64 Å². The number of halogens is 1. The summed E-state index contributed by atoms with van der Waals surface area (Å²) in [6.45, 7) is 2.54. The smallest absolute Gasteiger partial charge is 0.261 e. The van der Waals surface area contributed by atoms with Gasteiger partial charge in [0.05, 0.1) is 24.1 Å². The van der Waals surface area contributed by atoms with Gasteiger partial charge >= 0.3 is 0 Å². The van der Waals surface area contributed by atoms with E-state index < -0.39 is 0 Å². The van der Waals surface area contributed by atoms with Crippen molar-refractivity contribution in [1.82, 2.24) is 15.0 Å². The summed E-state index contributed by atoms with van der Waals surface area (Å²) in [7, 11) is 0. The molecular weight excluding hydrogens is 311 g/mol. The van der Waals surface area contributed by atoms with Gasteiger partial charge in [0.25, 0.3) is 5.56 Å². The van der Waals surface area contributed by atoms with E-state index in [2.05, 4.69) is 15.0 Å². The third kappa shape index (κ3) is 2.63. The molecule has 0 radical (unpaired) electrons. The Balaban J connectivity index is 1.89. The molecule has 7 heteroatoms. The number of morpholine rings is 1. The summed E-state index contributed by atoms with van der Waals surface area (Å²) in [6.07, 6.45) is 3.14. The third-order valence-electron chi connectivity index (χ3n) is 4.07. The quantitative estimate of drug-likeness (QED) is 0.779. The van der Waals surface area contributed by atoms with Crippen LogP contribution in [-0.4, -0.2) is 41.3 Å². The second-order valence-corrected chi connectivity index (χ2v) is 5.58. The number of aromatic amines is 1. The van der Waals surface area contributed by atoms with Crippen molar-refractivity contribution in [1.29, 1.82) is 0 Å². The minimum atomic E-state index is -0.313. The van der Waals surface area contributed by atoms with Crippen LogP contribution in [0.15, 0.2) is 41.5 Å². The van der Waals surface area contributed by atoms with E-state index in [1.165, 1.54) is 18.3 Å². The van der Waals surface area contributed by atoms with E-state index in [1.807, 2.05) is 4.90 Å². The second kappa shape index (κ2) is 6.01. The second-order valence-electron chi connectivity index (χ2n) is 5.58. The molecule has 6 nitrogen and oxygen atoms in total. The number of H-pyrrole nitrogens is 1. The summed E-state index contributed by atoms with van der Waals surface area (Å²) in [5, 5.41) is 0.411. The number of anilines is 1. The zero-order valence-electron chi connectivity index (χ0n) is 12.8. The van der Waals surface area contributed by atoms with Crippen LogP contribution in [0, 0.1) is 5.82 Å². The van der Waals surface area contributed by atoms with Gasteiger partial charge in [0.15, 0.2) is 0 Å². The van der Waals surface area contributed by atoms with Crippen LogP contribution in [0.2, 0.25) is 0 Å². The highest BCUT2D eigenvalue weighted by atomic mass is 19.1. The number of fused-ring (bicyclic) bond motifs is 1. The lowest BCUT2D eigenvalue weighted by Crippen LogP contribution is -2.38. The zero-order valence-corrected chi connectivity index (χ0v) is 12.8. The summed E-state index contributed by atoms with van der Waals surface area (Å²) in [5.74, 6) is 0.206. The van der Waals surface area contributed by atoms with Gasteiger partial charge in [-0.3, -0.25) is 14.8 Å². The summed E-state index contributed by atoms with van der Waals surface area (Å²) in [6, 6.07) is 6.07. The van der Waals surface area contributed by atoms with Crippen LogP contribution in [0.3, 0.4) is 0 Å². The molecule has 1 aromatic carbocycles. The largest absolute Gasteiger partial charge is 0.378 e. The molecule has 1 aliphatic heterocycles. The molecule has 24 heavy (non-hydrogen) atoms. The molecule has 0 unspecified atom stereocenters. The van der Waals surface area contributed by atoms with Crippen LogP contribution in [0.4, 0.5) is 10.3 Å². The first-order valence-corrected chi connectivity index (χ1v) is 7.69. The molecule has 2 aromatic heterocycles. The van der Waals surface area contributed by atoms with Crippen LogP contribution in [0.1, 0.15) is 0 Å². The van der Waals surface area contributed by atoms with Crippen molar-refractivity contribution in [2.45, 2.75) is 0 Å². The molecule has 0 saturated carbocycles. The van der Waals surface area contributed by atoms with Gasteiger partial charge in [-0.2, -0.15) is 0 Å². The lowest BCUT2D eigenvalue weighted by molar-refractivity contribution is 0.122. The normalized spacial score (nSPS) is 15.0. The van der Waals surface area contributed by atoms with Crippen molar-refractivity contribution in [3.8, 4) is 11.1 Å². The molecule has 0 bridgehead atoms. The molecule has 1 fully saturated rings. The number of ether oxygens (including phenoxy) is 1. The van der Waals surface area contributed by atoms with Gasteiger partial charge in [-0.25, -0.2) is 9.37 Å². The van der Waals surface area contributed by atoms with Crippen LogP contribution < -0.4 is 10.5 Å². The van der Waals surface area contributed by atoms with Crippen molar-refractivity contribution >= 4 is 16.9 Å². The molecule has 0 atom stereocenters. The Labute approximate surface area is 136 Å². The van der Waals surface area contributed by atoms with E-state index in [0.717, 1.165) is 5.56 Å². The zero-order chi connectivity index (χ0) is 16.5. The Morgan fingerprint density at radius 1 is 1.12 bits per heavy atom. The van der Waals surface area contributed by atoms with E-state index in [9.17, 15) is 9.18 Å². The standard InChI is InChI=1S/C17H15FN4O2/c18-12-3-1-11(2-4-12)13-9-19-10-14-15(13)20-17(21-16(14)23)22-5-7-24-8-6-22/h1-4,9-10H,5-8H2,(H,20,21,23). The molecule has 0 aliphatic carbocycles. The highest BCUT2D eigenvalue weighted by Gasteiger charge is 2.16. The van der Waals surface area contributed by atoms with Crippen molar-refractivity contribution in [2.24, 2.45) is 0 Å². The predicted molar refractivity (Wildman–Crippen MR) is 88.6 cm³/mol. The first-order chi connectivity index (χ1) is 11.7. The number of pyridine rings is 1. The van der Waals surface area contributed by atoms with Crippen molar-refractivity contribution in [3.63, 3.8) is 0 Å². The monoisotopic (exact) mass is 326 g/mol. The average Bonchev–Trinajstić information content (AvgIpc) is 2.63. The molecule has 0 spiro atoms. The van der Waals surface area contributed by atoms with Crippen molar-refractivity contribution < 1.29 is 9.13 Å². The number of nitrogens with zero attached hydrogens (tertiary/aromatic N) is 3. The summed E-state index contributed by atoms with van der Waals surface area (Å²) in [5.41, 5.74) is 1.79. The predicted octanol–water partition coefficient (Wildman–Crippen LogP) is 1.96. The third-order valence-corrected chi connectivity index (χ3v) is 4.07. The van der Waals surface area contributed by atoms with Crippen molar-refractivity contribution in [3.05, 3.63) is 52.8 Å². The minimum Gasteiger partial charge on any atom is -0.378 e. The number of benzene rings is 1. The van der Waals surface area contributed by atoms with Crippen LogP contribution in [-0.2, 0) is 4.74 Å². The lowest BCUT2D eigenvalue weighted by atomic mass is 10.1. The fourth-order valence-electron chi connectivity index (χ4n) is 2.81. The summed E-state index contributed by atoms with van der Waals surface area (Å²) in [4.78, 5) is 26.0. The van der Waals surface area contributed by atoms with Gasteiger partial charge in [-0.15, -0.1) is 0 Å². The topological polar surface area (TPSA) is 71.1 Å². The summed E-state index contributed by atoms with van der Waals surface area (Å²) >= 11 is 0. The van der Waals surface area contributed by atoms with Gasteiger partial charge in [-0.1, -0.05) is 12.1 Å². The van der Waals surface area contributed by atoms with Gasteiger partial charge in [0.2, 0.25) is 5.95 Å². The molecule has 4 rings (SSSR count). The maximum absolute atomic E-state index is 13.2. The molecule has 1 saturated heterocycles. The molecule has 0 amide bonds. The Morgan fingerprint density at radius 3 is 2.62 bits per heavy atom. The minimum absolute atomic E-state index is 0.238. The van der Waals surface area contributed by atoms with Gasteiger partial charge in [0.1, 0.15) is 5.82 Å². The summed E-state index contributed by atoms with van der Waals surface area (Å²) < 4.78 is 18.5. The number of hydrogen-bond acceptors (Lipinski definition) is 5. The number of rotatable bonds is 2. The van der Waals surface area contributed by atoms with E-state index in [4.69, 9.17) is 4.74 Å². The maximum atomic E-state index is 13.2. The fourth-order valence-corrected chi connectivity index (χ4v) is 2.81. The number of hydrogen-bond donors (Lipinski definition) is 1. The van der Waals surface area contributed by atoms with E-state index in [0.29, 0.717) is 48.7 Å². The van der Waals surface area contributed by atoms with Crippen molar-refractivity contribution in [2.75, 3.05) is 31.2 Å². The van der Waals surface area contributed by atoms with Crippen LogP contribution in [0.5, 0.6) is 0 Å². The first-order valence-electron chi connectivity index (χ1n) is 7.69. The molecule has 3 heterocycles. The van der Waals surface area contributed by atoms with E-state index >= 15 is 0 Å².